The second kappa shape index (κ2) is 7.46. The Labute approximate surface area is 140 Å². The normalized spacial score (nSPS) is 10.5. The van der Waals surface area contributed by atoms with Gasteiger partial charge in [0.15, 0.2) is 0 Å². The first kappa shape index (κ1) is 16.6. The van der Waals surface area contributed by atoms with Crippen LogP contribution in [0.5, 0.6) is 0 Å². The fourth-order valence-corrected chi connectivity index (χ4v) is 2.95. The van der Waals surface area contributed by atoms with Crippen LogP contribution in [-0.4, -0.2) is 33.2 Å². The predicted octanol–water partition coefficient (Wildman–Crippen LogP) is 1.27. The molecule has 0 spiro atoms. The molecule has 0 unspecified atom stereocenters. The maximum Gasteiger partial charge on any atom is 0.234 e. The van der Waals surface area contributed by atoms with Gasteiger partial charge >= 0.3 is 0 Å². The number of amides is 1. The van der Waals surface area contributed by atoms with Gasteiger partial charge in [-0.3, -0.25) is 9.48 Å². The molecule has 2 rings (SSSR count). The van der Waals surface area contributed by atoms with E-state index in [4.69, 9.17) is 0 Å². The molecular formula is C14H13BrN3O3S-. The van der Waals surface area contributed by atoms with E-state index in [2.05, 4.69) is 26.3 Å². The van der Waals surface area contributed by atoms with Crippen LogP contribution in [0, 0.1) is 0 Å². The number of carboxylic acid groups (broad SMARTS) is 1. The van der Waals surface area contributed by atoms with Crippen LogP contribution in [0.4, 0.5) is 5.69 Å². The predicted molar refractivity (Wildman–Crippen MR) is 87.3 cm³/mol. The van der Waals surface area contributed by atoms with E-state index in [9.17, 15) is 14.7 Å². The van der Waals surface area contributed by atoms with Crippen molar-refractivity contribution in [1.82, 2.24) is 9.78 Å². The van der Waals surface area contributed by atoms with E-state index in [1.165, 1.54) is 0 Å². The minimum atomic E-state index is -1.18. The number of carbonyl (C=O) groups excluding carboxylic acids is 2. The van der Waals surface area contributed by atoms with Crippen LogP contribution in [0.2, 0.25) is 0 Å². The molecule has 0 aliphatic rings. The van der Waals surface area contributed by atoms with Crippen LogP contribution in [0.15, 0.2) is 34.9 Å². The number of hydrogen-bond donors (Lipinski definition) is 1. The number of thioether (sulfide) groups is 1. The highest BCUT2D eigenvalue weighted by Crippen LogP contribution is 2.28. The van der Waals surface area contributed by atoms with Crippen molar-refractivity contribution in [3.63, 3.8) is 0 Å². The number of aliphatic carboxylic acids is 1. The van der Waals surface area contributed by atoms with Gasteiger partial charge in [-0.1, -0.05) is 12.1 Å². The summed E-state index contributed by atoms with van der Waals surface area (Å²) in [5, 5.41) is 17.4. The summed E-state index contributed by atoms with van der Waals surface area (Å²) in [7, 11) is 1.83. The average Bonchev–Trinajstić information content (AvgIpc) is 2.77. The number of rotatable bonds is 6. The summed E-state index contributed by atoms with van der Waals surface area (Å²) in [6.07, 6.45) is 1.84. The summed E-state index contributed by atoms with van der Waals surface area (Å²) in [5.41, 5.74) is 2.28. The highest BCUT2D eigenvalue weighted by Gasteiger charge is 2.09. The monoisotopic (exact) mass is 382 g/mol. The van der Waals surface area contributed by atoms with Gasteiger partial charge in [-0.25, -0.2) is 0 Å². The maximum absolute atomic E-state index is 11.7. The van der Waals surface area contributed by atoms with Gasteiger partial charge in [-0.15, -0.1) is 11.8 Å². The lowest BCUT2D eigenvalue weighted by molar-refractivity contribution is -0.301. The molecule has 22 heavy (non-hydrogen) atoms. The summed E-state index contributed by atoms with van der Waals surface area (Å²) in [5.74, 6) is -1.58. The Balaban J connectivity index is 2.04. The number of halogens is 1. The van der Waals surface area contributed by atoms with Crippen LogP contribution >= 0.6 is 27.7 Å². The van der Waals surface area contributed by atoms with Gasteiger partial charge in [-0.05, 0) is 28.1 Å². The smallest absolute Gasteiger partial charge is 0.234 e. The van der Waals surface area contributed by atoms with Crippen LogP contribution in [-0.2, 0) is 16.6 Å². The number of benzene rings is 1. The fourth-order valence-electron chi connectivity index (χ4n) is 1.82. The first-order valence-corrected chi connectivity index (χ1v) is 8.27. The van der Waals surface area contributed by atoms with E-state index >= 15 is 0 Å². The number of nitrogens with zero attached hydrogens (tertiary/aromatic N) is 2. The average molecular weight is 383 g/mol. The first-order valence-electron chi connectivity index (χ1n) is 6.32. The Bertz CT molecular complexity index is 702. The van der Waals surface area contributed by atoms with E-state index in [1.54, 1.807) is 10.7 Å². The second-order valence-electron chi connectivity index (χ2n) is 4.49. The van der Waals surface area contributed by atoms with Crippen molar-refractivity contribution in [2.45, 2.75) is 0 Å². The van der Waals surface area contributed by atoms with Gasteiger partial charge in [-0.2, -0.15) is 5.10 Å². The van der Waals surface area contributed by atoms with Gasteiger partial charge < -0.3 is 15.2 Å². The molecule has 1 amide bonds. The summed E-state index contributed by atoms with van der Waals surface area (Å²) in [4.78, 5) is 22.0. The number of carboxylic acids is 1. The molecule has 6 nitrogen and oxygen atoms in total. The highest BCUT2D eigenvalue weighted by atomic mass is 79.9. The number of aryl methyl sites for hydroxylation is 1. The zero-order chi connectivity index (χ0) is 16.1. The molecule has 0 bridgehead atoms. The molecule has 1 aromatic heterocycles. The van der Waals surface area contributed by atoms with Crippen molar-refractivity contribution in [1.29, 1.82) is 0 Å². The number of nitrogens with one attached hydrogen (secondary N) is 1. The van der Waals surface area contributed by atoms with Gasteiger partial charge in [0.25, 0.3) is 0 Å². The lowest BCUT2D eigenvalue weighted by Gasteiger charge is -2.07. The van der Waals surface area contributed by atoms with Gasteiger partial charge in [0.05, 0.1) is 16.2 Å². The quantitative estimate of drug-likeness (QED) is 0.812. The zero-order valence-electron chi connectivity index (χ0n) is 11.7. The largest absolute Gasteiger partial charge is 0.549 e. The molecule has 0 saturated heterocycles. The topological polar surface area (TPSA) is 87.0 Å². The van der Waals surface area contributed by atoms with Gasteiger partial charge in [0.2, 0.25) is 5.91 Å². The van der Waals surface area contributed by atoms with Crippen LogP contribution in [0.1, 0.15) is 0 Å². The van der Waals surface area contributed by atoms with E-state index in [-0.39, 0.29) is 17.4 Å². The second-order valence-corrected chi connectivity index (χ2v) is 6.33. The summed E-state index contributed by atoms with van der Waals surface area (Å²) in [6, 6.07) is 7.30. The summed E-state index contributed by atoms with van der Waals surface area (Å²) in [6.45, 7) is 0. The third kappa shape index (κ3) is 4.60. The molecule has 0 aliphatic heterocycles. The molecule has 0 atom stereocenters. The van der Waals surface area contributed by atoms with E-state index in [0.29, 0.717) is 5.69 Å². The lowest BCUT2D eigenvalue weighted by Crippen LogP contribution is -2.25. The minimum absolute atomic E-state index is 0.0610. The van der Waals surface area contributed by atoms with Crippen LogP contribution in [0.3, 0.4) is 0 Å². The Kier molecular flexibility index (Phi) is 5.62. The van der Waals surface area contributed by atoms with Crippen molar-refractivity contribution in [3.8, 4) is 11.3 Å². The Morgan fingerprint density at radius 3 is 2.82 bits per heavy atom. The molecule has 0 saturated carbocycles. The Hall–Kier alpha value is -1.80. The van der Waals surface area contributed by atoms with Gasteiger partial charge in [0.1, 0.15) is 5.69 Å². The van der Waals surface area contributed by atoms with E-state index in [0.717, 1.165) is 27.5 Å². The van der Waals surface area contributed by atoms with E-state index < -0.39 is 5.97 Å². The Morgan fingerprint density at radius 1 is 1.41 bits per heavy atom. The fraction of sp³-hybridized carbons (Fsp3) is 0.214. The lowest BCUT2D eigenvalue weighted by atomic mass is 10.1. The molecule has 0 aliphatic carbocycles. The third-order valence-electron chi connectivity index (χ3n) is 2.66. The van der Waals surface area contributed by atoms with Crippen molar-refractivity contribution in [3.05, 3.63) is 34.9 Å². The molecule has 0 radical (unpaired) electrons. The molecule has 1 heterocycles. The molecule has 0 fully saturated rings. The molecule has 2 aromatic rings. The van der Waals surface area contributed by atoms with Crippen molar-refractivity contribution < 1.29 is 14.7 Å². The molecular weight excluding hydrogens is 370 g/mol. The Morgan fingerprint density at radius 2 is 2.18 bits per heavy atom. The molecule has 1 aromatic carbocycles. The molecule has 116 valence electrons. The maximum atomic E-state index is 11.7. The summed E-state index contributed by atoms with van der Waals surface area (Å²) < 4.78 is 2.56. The first-order chi connectivity index (χ1) is 10.5. The molecule has 8 heteroatoms. The number of hydrogen-bond acceptors (Lipinski definition) is 5. The van der Waals surface area contributed by atoms with Crippen molar-refractivity contribution in [2.75, 3.05) is 16.8 Å². The standard InChI is InChI=1S/C14H14BrN3O3S/c1-18-6-11(15)14(17-18)9-3-2-4-10(5-9)16-12(19)7-22-8-13(20)21/h2-6H,7-8H2,1H3,(H,16,19)(H,20,21)/p-1. The van der Waals surface area contributed by atoms with E-state index in [1.807, 2.05) is 31.4 Å². The van der Waals surface area contributed by atoms with Crippen molar-refractivity contribution in [2.24, 2.45) is 7.05 Å². The third-order valence-corrected chi connectivity index (χ3v) is 4.14. The minimum Gasteiger partial charge on any atom is -0.549 e. The summed E-state index contributed by atoms with van der Waals surface area (Å²) >= 11 is 4.44. The SMILES string of the molecule is Cn1cc(Br)c(-c2cccc(NC(=O)CSCC(=O)[O-])c2)n1. The van der Waals surface area contributed by atoms with Gasteiger partial charge in [0, 0.05) is 30.2 Å². The van der Waals surface area contributed by atoms with Crippen LogP contribution in [0.25, 0.3) is 11.3 Å². The van der Waals surface area contributed by atoms with Crippen LogP contribution < -0.4 is 10.4 Å². The number of carbonyl (C=O) groups is 2. The zero-order valence-corrected chi connectivity index (χ0v) is 14.1. The number of anilines is 1. The number of aromatic nitrogens is 2. The van der Waals surface area contributed by atoms with Crippen molar-refractivity contribution >= 4 is 45.3 Å². The highest BCUT2D eigenvalue weighted by molar-refractivity contribution is 9.10. The molecule has 1 N–H and O–H groups in total.